The quantitative estimate of drug-likeness (QED) is 0.790. The maximum atomic E-state index is 11.5. The molecular weight excluding hydrogens is 206 g/mol. The number of hydrogen-bond acceptors (Lipinski definition) is 3. The van der Waals surface area contributed by atoms with Crippen molar-refractivity contribution in [3.8, 4) is 0 Å². The highest BCUT2D eigenvalue weighted by Crippen LogP contribution is 2.23. The van der Waals surface area contributed by atoms with Gasteiger partial charge in [0.2, 0.25) is 0 Å². The topological polar surface area (TPSA) is 30.0 Å². The summed E-state index contributed by atoms with van der Waals surface area (Å²) < 4.78 is 1.21. The molecule has 0 saturated carbocycles. The van der Waals surface area contributed by atoms with Gasteiger partial charge in [-0.15, -0.1) is 11.3 Å². The van der Waals surface area contributed by atoms with Crippen LogP contribution in [0, 0.1) is 0 Å². The fraction of sp³-hybridized carbons (Fsp3) is 0.333. The third-order valence-electron chi connectivity index (χ3n) is 2.36. The van der Waals surface area contributed by atoms with Crippen molar-refractivity contribution in [1.82, 2.24) is 4.98 Å². The highest BCUT2D eigenvalue weighted by atomic mass is 32.1. The van der Waals surface area contributed by atoms with Crippen LogP contribution in [0.3, 0.4) is 0 Å². The number of thiophene rings is 1. The summed E-state index contributed by atoms with van der Waals surface area (Å²) in [5.41, 5.74) is 0.923. The monoisotopic (exact) mass is 219 g/mol. The smallest absolute Gasteiger partial charge is 0.138 e. The van der Waals surface area contributed by atoms with Gasteiger partial charge in [0.05, 0.1) is 5.69 Å². The fourth-order valence-electron chi connectivity index (χ4n) is 1.65. The van der Waals surface area contributed by atoms with Gasteiger partial charge in [-0.25, -0.2) is 0 Å². The van der Waals surface area contributed by atoms with Crippen LogP contribution in [-0.4, -0.2) is 10.8 Å². The zero-order chi connectivity index (χ0) is 10.7. The van der Waals surface area contributed by atoms with Gasteiger partial charge in [0.1, 0.15) is 5.78 Å². The lowest BCUT2D eigenvalue weighted by Crippen LogP contribution is -2.03. The van der Waals surface area contributed by atoms with Crippen LogP contribution in [0.1, 0.15) is 25.5 Å². The molecule has 0 aliphatic carbocycles. The zero-order valence-electron chi connectivity index (χ0n) is 8.69. The molecule has 2 aromatic heterocycles. The molecule has 0 N–H and O–H groups in total. The van der Waals surface area contributed by atoms with Crippen LogP contribution in [0.4, 0.5) is 0 Å². The van der Waals surface area contributed by atoms with Crippen molar-refractivity contribution in [2.24, 2.45) is 0 Å². The molecule has 0 unspecified atom stereocenters. The third-order valence-corrected chi connectivity index (χ3v) is 3.24. The van der Waals surface area contributed by atoms with Crippen LogP contribution in [0.15, 0.2) is 23.7 Å². The van der Waals surface area contributed by atoms with E-state index in [1.807, 2.05) is 24.4 Å². The molecule has 0 bridgehead atoms. The molecule has 0 aromatic carbocycles. The van der Waals surface area contributed by atoms with Gasteiger partial charge < -0.3 is 0 Å². The summed E-state index contributed by atoms with van der Waals surface area (Å²) in [7, 11) is 0. The van der Waals surface area contributed by atoms with Crippen molar-refractivity contribution in [3.05, 3.63) is 29.4 Å². The average molecular weight is 219 g/mol. The number of fused-ring (bicyclic) bond motifs is 1. The second-order valence-corrected chi connectivity index (χ2v) is 4.50. The molecule has 2 aromatic rings. The molecule has 2 heterocycles. The van der Waals surface area contributed by atoms with E-state index in [0.29, 0.717) is 12.8 Å². The summed E-state index contributed by atoms with van der Waals surface area (Å²) in [5, 5.41) is 3.17. The number of Topliss-reactive ketones (excluding diaryl/α,β-unsaturated/α-hetero) is 1. The first-order valence-electron chi connectivity index (χ1n) is 5.14. The number of carbonyl (C=O) groups excluding carboxylic acids is 1. The molecule has 0 radical (unpaired) electrons. The highest BCUT2D eigenvalue weighted by molar-refractivity contribution is 7.17. The largest absolute Gasteiger partial charge is 0.299 e. The number of hydrogen-bond donors (Lipinski definition) is 0. The standard InChI is InChI=1S/C12H13NOS/c1-2-3-9(14)8-11-10-5-7-15-12(10)4-6-13-11/h4-7H,2-3,8H2,1H3. The normalized spacial score (nSPS) is 10.7. The molecule has 0 aliphatic heterocycles. The number of nitrogens with zero attached hydrogens (tertiary/aromatic N) is 1. The van der Waals surface area contributed by atoms with Crippen molar-refractivity contribution in [3.63, 3.8) is 0 Å². The maximum absolute atomic E-state index is 11.5. The molecule has 78 valence electrons. The molecule has 15 heavy (non-hydrogen) atoms. The molecule has 2 nitrogen and oxygen atoms in total. The maximum Gasteiger partial charge on any atom is 0.138 e. The highest BCUT2D eigenvalue weighted by Gasteiger charge is 2.07. The lowest BCUT2D eigenvalue weighted by atomic mass is 10.1. The van der Waals surface area contributed by atoms with E-state index in [0.717, 1.165) is 17.5 Å². The number of ketones is 1. The molecule has 3 heteroatoms. The first kappa shape index (κ1) is 10.3. The molecule has 0 saturated heterocycles. The van der Waals surface area contributed by atoms with E-state index in [4.69, 9.17) is 0 Å². The van der Waals surface area contributed by atoms with Gasteiger partial charge >= 0.3 is 0 Å². The molecule has 2 rings (SSSR count). The predicted octanol–water partition coefficient (Wildman–Crippen LogP) is 3.21. The molecule has 0 fully saturated rings. The van der Waals surface area contributed by atoms with Crippen LogP contribution < -0.4 is 0 Å². The molecule has 0 amide bonds. The Morgan fingerprint density at radius 1 is 1.47 bits per heavy atom. The van der Waals surface area contributed by atoms with Crippen LogP contribution in [-0.2, 0) is 11.2 Å². The van der Waals surface area contributed by atoms with E-state index in [-0.39, 0.29) is 5.78 Å². The average Bonchev–Trinajstić information content (AvgIpc) is 2.67. The summed E-state index contributed by atoms with van der Waals surface area (Å²) in [4.78, 5) is 15.8. The number of pyridine rings is 1. The Kier molecular flexibility index (Phi) is 3.11. The summed E-state index contributed by atoms with van der Waals surface area (Å²) >= 11 is 1.69. The Balaban J connectivity index is 2.27. The molecule has 0 atom stereocenters. The van der Waals surface area contributed by atoms with Crippen LogP contribution in [0.5, 0.6) is 0 Å². The van der Waals surface area contributed by atoms with Crippen LogP contribution in [0.2, 0.25) is 0 Å². The van der Waals surface area contributed by atoms with Gasteiger partial charge in [-0.2, -0.15) is 0 Å². The van der Waals surface area contributed by atoms with Crippen molar-refractivity contribution in [1.29, 1.82) is 0 Å². The van der Waals surface area contributed by atoms with Gasteiger partial charge in [0.25, 0.3) is 0 Å². The van der Waals surface area contributed by atoms with E-state index >= 15 is 0 Å². The van der Waals surface area contributed by atoms with Gasteiger partial charge in [0, 0.05) is 29.1 Å². The van der Waals surface area contributed by atoms with E-state index in [1.54, 1.807) is 17.5 Å². The van der Waals surface area contributed by atoms with Crippen molar-refractivity contribution in [2.75, 3.05) is 0 Å². The first-order valence-corrected chi connectivity index (χ1v) is 6.02. The Bertz CT molecular complexity index is 475. The second-order valence-electron chi connectivity index (χ2n) is 3.56. The van der Waals surface area contributed by atoms with Gasteiger partial charge in [-0.3, -0.25) is 9.78 Å². The Labute approximate surface area is 93.0 Å². The first-order chi connectivity index (χ1) is 7.31. The number of aromatic nitrogens is 1. The number of rotatable bonds is 4. The lowest BCUT2D eigenvalue weighted by molar-refractivity contribution is -0.118. The van der Waals surface area contributed by atoms with Gasteiger partial charge in [-0.05, 0) is 23.9 Å². The Hall–Kier alpha value is -1.22. The SMILES string of the molecule is CCCC(=O)Cc1nccc2sccc12. The minimum Gasteiger partial charge on any atom is -0.299 e. The van der Waals surface area contributed by atoms with Crippen LogP contribution >= 0.6 is 11.3 Å². The summed E-state index contributed by atoms with van der Waals surface area (Å²) in [6.07, 6.45) is 3.83. The fourth-order valence-corrected chi connectivity index (χ4v) is 2.45. The van der Waals surface area contributed by atoms with E-state index < -0.39 is 0 Å². The van der Waals surface area contributed by atoms with E-state index in [9.17, 15) is 4.79 Å². The van der Waals surface area contributed by atoms with Crippen molar-refractivity contribution < 1.29 is 4.79 Å². The summed E-state index contributed by atoms with van der Waals surface area (Å²) in [6, 6.07) is 4.04. The lowest BCUT2D eigenvalue weighted by Gasteiger charge is -2.00. The second kappa shape index (κ2) is 4.53. The van der Waals surface area contributed by atoms with E-state index in [1.165, 1.54) is 4.70 Å². The minimum atomic E-state index is 0.281. The van der Waals surface area contributed by atoms with Crippen molar-refractivity contribution in [2.45, 2.75) is 26.2 Å². The zero-order valence-corrected chi connectivity index (χ0v) is 9.51. The minimum absolute atomic E-state index is 0.281. The van der Waals surface area contributed by atoms with E-state index in [2.05, 4.69) is 4.98 Å². The van der Waals surface area contributed by atoms with Crippen LogP contribution in [0.25, 0.3) is 10.1 Å². The Morgan fingerprint density at radius 2 is 2.33 bits per heavy atom. The molecule has 0 spiro atoms. The Morgan fingerprint density at radius 3 is 3.13 bits per heavy atom. The molecular formula is C12H13NOS. The van der Waals surface area contributed by atoms with Gasteiger partial charge in [0.15, 0.2) is 0 Å². The third kappa shape index (κ3) is 2.23. The predicted molar refractivity (Wildman–Crippen MR) is 63.2 cm³/mol. The number of carbonyl (C=O) groups is 1. The van der Waals surface area contributed by atoms with Crippen molar-refractivity contribution >= 4 is 27.2 Å². The molecule has 0 aliphatic rings. The van der Waals surface area contributed by atoms with Gasteiger partial charge in [-0.1, -0.05) is 6.92 Å². The summed E-state index contributed by atoms with van der Waals surface area (Å²) in [5.74, 6) is 0.281. The summed E-state index contributed by atoms with van der Waals surface area (Å²) in [6.45, 7) is 2.02.